The van der Waals surface area contributed by atoms with Crippen molar-refractivity contribution in [3.63, 3.8) is 0 Å². The summed E-state index contributed by atoms with van der Waals surface area (Å²) in [4.78, 5) is 11.9. The van der Waals surface area contributed by atoms with Crippen LogP contribution in [0.25, 0.3) is 33.2 Å². The van der Waals surface area contributed by atoms with E-state index in [4.69, 9.17) is 14.7 Å². The summed E-state index contributed by atoms with van der Waals surface area (Å²) in [6, 6.07) is 10.3. The van der Waals surface area contributed by atoms with E-state index in [0.29, 0.717) is 0 Å². The smallest absolute Gasteiger partial charge is 0.142 e. The van der Waals surface area contributed by atoms with Crippen molar-refractivity contribution in [2.24, 2.45) is 0 Å². The van der Waals surface area contributed by atoms with E-state index in [1.54, 1.807) is 7.11 Å². The Morgan fingerprint density at radius 3 is 2.69 bits per heavy atom. The monoisotopic (exact) mass is 348 g/mol. The lowest BCUT2D eigenvalue weighted by atomic mass is 10.1. The summed E-state index contributed by atoms with van der Waals surface area (Å²) in [5.74, 6) is 0.855. The molecule has 0 spiro atoms. The van der Waals surface area contributed by atoms with Crippen LogP contribution in [-0.4, -0.2) is 47.2 Å². The highest BCUT2D eigenvalue weighted by molar-refractivity contribution is 6.06. The average Bonchev–Trinajstić information content (AvgIpc) is 2.99. The Labute approximate surface area is 153 Å². The summed E-state index contributed by atoms with van der Waals surface area (Å²) in [6.07, 6.45) is 3.28. The SMILES string of the molecule is COc1ccc2nc3c4ccc(C)nc4n(CCCN(C)C)cc-3c2c1. The van der Waals surface area contributed by atoms with Crippen molar-refractivity contribution >= 4 is 21.9 Å². The van der Waals surface area contributed by atoms with Gasteiger partial charge in [-0.3, -0.25) is 0 Å². The Hall–Kier alpha value is -2.66. The molecule has 0 bridgehead atoms. The molecule has 0 amide bonds. The van der Waals surface area contributed by atoms with Gasteiger partial charge in [-0.1, -0.05) is 0 Å². The molecule has 0 saturated carbocycles. The first-order valence-corrected chi connectivity index (χ1v) is 8.95. The molecule has 0 radical (unpaired) electrons. The largest absolute Gasteiger partial charge is 0.497 e. The molecule has 2 aliphatic heterocycles. The number of aromatic nitrogens is 3. The third kappa shape index (κ3) is 2.88. The second-order valence-electron chi connectivity index (χ2n) is 7.06. The molecule has 1 aromatic heterocycles. The van der Waals surface area contributed by atoms with Crippen LogP contribution in [-0.2, 0) is 6.54 Å². The fourth-order valence-corrected chi connectivity index (χ4v) is 3.49. The number of ether oxygens (including phenoxy) is 1. The fraction of sp³-hybridized carbons (Fsp3) is 0.333. The van der Waals surface area contributed by atoms with E-state index in [1.165, 1.54) is 0 Å². The predicted octanol–water partition coefficient (Wildman–Crippen LogP) is 3.96. The molecular weight excluding hydrogens is 324 g/mol. The van der Waals surface area contributed by atoms with Crippen LogP contribution in [0.3, 0.4) is 0 Å². The maximum atomic E-state index is 5.41. The highest BCUT2D eigenvalue weighted by Crippen LogP contribution is 2.37. The van der Waals surface area contributed by atoms with Crippen LogP contribution in [0.5, 0.6) is 5.75 Å². The molecule has 0 atom stereocenters. The predicted molar refractivity (Wildman–Crippen MR) is 106 cm³/mol. The van der Waals surface area contributed by atoms with Crippen LogP contribution < -0.4 is 4.74 Å². The molecule has 3 heterocycles. The van der Waals surface area contributed by atoms with E-state index in [1.807, 2.05) is 19.1 Å². The van der Waals surface area contributed by atoms with Gasteiger partial charge in [-0.25, -0.2) is 9.97 Å². The standard InChI is InChI=1S/C21H24N4O/c1-14-6-8-16-20-18(17-12-15(26-4)7-9-19(17)23-20)13-25(21(16)22-14)11-5-10-24(2)3/h6-9,12-13H,5,10-11H2,1-4H3. The summed E-state index contributed by atoms with van der Waals surface area (Å²) in [7, 11) is 5.91. The first kappa shape index (κ1) is 16.8. The minimum atomic E-state index is 0.855. The van der Waals surface area contributed by atoms with Crippen LogP contribution in [0.15, 0.2) is 36.5 Å². The first-order chi connectivity index (χ1) is 12.6. The van der Waals surface area contributed by atoms with Gasteiger partial charge in [0.1, 0.15) is 11.4 Å². The number of hydrogen-bond donors (Lipinski definition) is 0. The lowest BCUT2D eigenvalue weighted by Gasteiger charge is -2.16. The Bertz CT molecular complexity index is 1050. The van der Waals surface area contributed by atoms with Crippen molar-refractivity contribution in [1.29, 1.82) is 0 Å². The summed E-state index contributed by atoms with van der Waals surface area (Å²) in [5.41, 5.74) is 5.19. The highest BCUT2D eigenvalue weighted by Gasteiger charge is 2.18. The number of benzene rings is 1. The average molecular weight is 348 g/mol. The lowest BCUT2D eigenvalue weighted by molar-refractivity contribution is 0.387. The zero-order valence-electron chi connectivity index (χ0n) is 15.8. The molecule has 2 aliphatic rings. The fourth-order valence-electron chi connectivity index (χ4n) is 3.49. The summed E-state index contributed by atoms with van der Waals surface area (Å²) in [5, 5.41) is 2.23. The maximum Gasteiger partial charge on any atom is 0.142 e. The van der Waals surface area contributed by atoms with E-state index in [-0.39, 0.29) is 0 Å². The van der Waals surface area contributed by atoms with Crippen molar-refractivity contribution in [3.05, 3.63) is 42.2 Å². The second kappa shape index (κ2) is 6.57. The van der Waals surface area contributed by atoms with Gasteiger partial charge in [-0.15, -0.1) is 0 Å². The van der Waals surface area contributed by atoms with Crippen LogP contribution in [0.4, 0.5) is 0 Å². The molecule has 134 valence electrons. The molecule has 26 heavy (non-hydrogen) atoms. The number of hydrogen-bond acceptors (Lipinski definition) is 4. The minimum absolute atomic E-state index is 0.855. The molecule has 4 rings (SSSR count). The summed E-state index contributed by atoms with van der Waals surface area (Å²) in [6.45, 7) is 4.01. The minimum Gasteiger partial charge on any atom is -0.497 e. The van der Waals surface area contributed by atoms with Crippen molar-refractivity contribution < 1.29 is 4.74 Å². The third-order valence-corrected chi connectivity index (χ3v) is 4.81. The Balaban J connectivity index is 1.95. The van der Waals surface area contributed by atoms with E-state index >= 15 is 0 Å². The van der Waals surface area contributed by atoms with Crippen LogP contribution in [0.2, 0.25) is 0 Å². The molecular formula is C21H24N4O. The Morgan fingerprint density at radius 1 is 1.08 bits per heavy atom. The molecule has 5 nitrogen and oxygen atoms in total. The van der Waals surface area contributed by atoms with Gasteiger partial charge in [-0.2, -0.15) is 0 Å². The van der Waals surface area contributed by atoms with E-state index in [2.05, 4.69) is 48.0 Å². The van der Waals surface area contributed by atoms with E-state index < -0.39 is 0 Å². The zero-order chi connectivity index (χ0) is 18.3. The molecule has 2 aromatic rings. The number of methoxy groups -OCH3 is 1. The molecule has 0 fully saturated rings. The first-order valence-electron chi connectivity index (χ1n) is 8.95. The quantitative estimate of drug-likeness (QED) is 0.548. The van der Waals surface area contributed by atoms with Crippen molar-refractivity contribution in [2.45, 2.75) is 19.9 Å². The second-order valence-corrected chi connectivity index (χ2v) is 7.06. The van der Waals surface area contributed by atoms with Gasteiger partial charge in [0.05, 0.1) is 18.3 Å². The molecule has 0 saturated heterocycles. The van der Waals surface area contributed by atoms with Crippen LogP contribution in [0, 0.1) is 6.92 Å². The lowest BCUT2D eigenvalue weighted by Crippen LogP contribution is -2.15. The maximum absolute atomic E-state index is 5.41. The Kier molecular flexibility index (Phi) is 4.24. The molecule has 0 aliphatic carbocycles. The topological polar surface area (TPSA) is 43.2 Å². The highest BCUT2D eigenvalue weighted by atomic mass is 16.5. The van der Waals surface area contributed by atoms with Gasteiger partial charge < -0.3 is 14.2 Å². The molecule has 1 aromatic carbocycles. The van der Waals surface area contributed by atoms with Gasteiger partial charge >= 0.3 is 0 Å². The van der Waals surface area contributed by atoms with Crippen LogP contribution in [0.1, 0.15) is 12.1 Å². The molecule has 5 heteroatoms. The number of fused-ring (bicyclic) bond motifs is 5. The van der Waals surface area contributed by atoms with Gasteiger partial charge in [0, 0.05) is 34.8 Å². The van der Waals surface area contributed by atoms with Crippen molar-refractivity contribution in [1.82, 2.24) is 19.4 Å². The number of pyridine rings is 2. The molecule has 0 N–H and O–H groups in total. The summed E-state index contributed by atoms with van der Waals surface area (Å²) < 4.78 is 7.69. The van der Waals surface area contributed by atoms with E-state index in [0.717, 1.165) is 64.1 Å². The normalized spacial score (nSPS) is 11.9. The van der Waals surface area contributed by atoms with Gasteiger partial charge in [0.2, 0.25) is 0 Å². The number of nitrogens with zero attached hydrogens (tertiary/aromatic N) is 4. The van der Waals surface area contributed by atoms with Crippen molar-refractivity contribution in [3.8, 4) is 17.0 Å². The van der Waals surface area contributed by atoms with Crippen LogP contribution >= 0.6 is 0 Å². The van der Waals surface area contributed by atoms with Crippen molar-refractivity contribution in [2.75, 3.05) is 27.7 Å². The van der Waals surface area contributed by atoms with E-state index in [9.17, 15) is 0 Å². The molecule has 0 unspecified atom stereocenters. The van der Waals surface area contributed by atoms with Gasteiger partial charge in [0.25, 0.3) is 0 Å². The number of aryl methyl sites for hydroxylation is 2. The summed E-state index contributed by atoms with van der Waals surface area (Å²) >= 11 is 0. The number of rotatable bonds is 5. The Morgan fingerprint density at radius 2 is 1.92 bits per heavy atom. The zero-order valence-corrected chi connectivity index (χ0v) is 15.8. The third-order valence-electron chi connectivity index (χ3n) is 4.81. The van der Waals surface area contributed by atoms with Gasteiger partial charge in [-0.05, 0) is 64.3 Å². The van der Waals surface area contributed by atoms with Gasteiger partial charge in [0.15, 0.2) is 0 Å².